The van der Waals surface area contributed by atoms with Gasteiger partial charge in [-0.1, -0.05) is 221 Å². The van der Waals surface area contributed by atoms with Gasteiger partial charge in [-0.15, -0.1) is 0 Å². The Kier molecular flexibility index (Phi) is 42.8. The molecule has 4 aromatic carbocycles. The summed E-state index contributed by atoms with van der Waals surface area (Å²) in [5, 5.41) is 22.3. The van der Waals surface area contributed by atoms with Gasteiger partial charge in [0.05, 0.1) is 18.3 Å². The Hall–Kier alpha value is -11.0. The zero-order valence-corrected chi connectivity index (χ0v) is 88.5. The third-order valence-electron chi connectivity index (χ3n) is 27.6. The van der Waals surface area contributed by atoms with Crippen LogP contribution in [0.3, 0.4) is 0 Å². The molecule has 15 heteroatoms. The number of hydrogen-bond donors (Lipinski definition) is 2. The molecule has 0 spiro atoms. The molecule has 138 heavy (non-hydrogen) atoms. The number of hydrogen-bond acceptors (Lipinski definition) is 15. The lowest BCUT2D eigenvalue weighted by Crippen LogP contribution is -2.27. The number of para-hydroxylation sites is 8. The van der Waals surface area contributed by atoms with E-state index in [-0.39, 0.29) is 21.7 Å². The fourth-order valence-electron chi connectivity index (χ4n) is 18.2. The maximum Gasteiger partial charge on any atom is 0.192 e. The van der Waals surface area contributed by atoms with E-state index in [0.29, 0.717) is 141 Å². The molecule has 0 saturated carbocycles. The molecule has 8 aliphatic rings. The number of rotatable bonds is 43. The molecular weight excluding hydrogens is 1710 g/mol. The number of aliphatic hydroxyl groups is 2. The van der Waals surface area contributed by atoms with E-state index in [1.807, 2.05) is 152 Å². The van der Waals surface area contributed by atoms with Crippen LogP contribution in [-0.4, -0.2) is 48.5 Å². The zero-order valence-electron chi connectivity index (χ0n) is 88.5. The van der Waals surface area contributed by atoms with Gasteiger partial charge < -0.3 is 32.6 Å². The normalized spacial score (nSPS) is 13.6. The van der Waals surface area contributed by atoms with Gasteiger partial charge in [-0.05, 0) is 356 Å². The molecule has 4 aliphatic heterocycles. The molecule has 12 rings (SSSR count). The lowest BCUT2D eigenvalue weighted by atomic mass is 9.87. The molecule has 0 amide bonds. The summed E-state index contributed by atoms with van der Waals surface area (Å²) in [6, 6.07) is 30.6. The number of aromatic nitrogens is 4. The molecule has 0 bridgehead atoms. The maximum absolute atomic E-state index is 13.2. The third-order valence-corrected chi connectivity index (χ3v) is 27.6. The van der Waals surface area contributed by atoms with Gasteiger partial charge in [-0.2, -0.15) is 0 Å². The Morgan fingerprint density at radius 3 is 0.920 bits per heavy atom. The molecule has 4 aromatic rings. The van der Waals surface area contributed by atoms with E-state index in [9.17, 15) is 29.4 Å². The van der Waals surface area contributed by atoms with Crippen molar-refractivity contribution in [3.8, 4) is 51.6 Å². The van der Waals surface area contributed by atoms with Crippen LogP contribution in [-0.2, 0) is 25.7 Å². The second-order valence-electron chi connectivity index (χ2n) is 41.3. The highest BCUT2D eigenvalue weighted by Gasteiger charge is 2.31. The molecular formula is C123H162N4O11. The lowest BCUT2D eigenvalue weighted by molar-refractivity contribution is 0.0385. The van der Waals surface area contributed by atoms with Gasteiger partial charge in [0.2, 0.25) is 0 Å². The Labute approximate surface area is 824 Å². The highest BCUT2D eigenvalue weighted by atomic mass is 16.5. The highest BCUT2D eigenvalue weighted by molar-refractivity contribution is 5.83. The van der Waals surface area contributed by atoms with Crippen molar-refractivity contribution < 1.29 is 32.6 Å². The van der Waals surface area contributed by atoms with E-state index < -0.39 is 11.2 Å². The average Bonchev–Trinajstić information content (AvgIpc) is 0.774. The quantitative estimate of drug-likeness (QED) is 0.0268. The van der Waals surface area contributed by atoms with Crippen LogP contribution in [0.5, 0.6) is 5.75 Å². The molecule has 0 unspecified atom stereocenters. The Balaban J connectivity index is 0.000000207. The van der Waals surface area contributed by atoms with Crippen LogP contribution in [0.25, 0.3) is 90.2 Å². The SMILES string of the molecule is CC(C)=CCC/C(C)=C/CC/C(C)=C/CC[C@@](C)(O)CCc1c2oc3ccccc3nc-2c(C)c(C)c1=O.CC(C)=CCC/C(C)=C/CC/C(C)=C/CCc1c2oc3ccccc3nc-2c(C)c(C)c1=O.COc1c2nc3ccccc3oc-2c(CC/C=C(\C)CCC=C(C)C)c(=O)c1C.Cc1c2nc3ccccc3oc-2c(CC[C@](C)(O)CCC[C@H](C)CCC[C@H](C)CCCC(C)C)c(=O)c1C. The molecule has 0 aromatic heterocycles. The minimum Gasteiger partial charge on any atom is -0.494 e. The van der Waals surface area contributed by atoms with Gasteiger partial charge in [0, 0.05) is 44.5 Å². The van der Waals surface area contributed by atoms with E-state index in [1.54, 1.807) is 14.0 Å². The molecule has 4 atom stereocenters. The molecule has 4 heterocycles. The Morgan fingerprint density at radius 1 is 0.326 bits per heavy atom. The molecule has 0 radical (unpaired) electrons. The summed E-state index contributed by atoms with van der Waals surface area (Å²) < 4.78 is 30.2. The predicted molar refractivity (Wildman–Crippen MR) is 579 cm³/mol. The van der Waals surface area contributed by atoms with Gasteiger partial charge in [-0.25, -0.2) is 19.9 Å². The largest absolute Gasteiger partial charge is 0.494 e. The topological polar surface area (TPSA) is 222 Å². The fraction of sp³-hybridized carbons (Fsp3) is 0.480. The Bertz CT molecular complexity index is 6440. The summed E-state index contributed by atoms with van der Waals surface area (Å²) in [4.78, 5) is 71.7. The minimum absolute atomic E-state index is 0.00781. The van der Waals surface area contributed by atoms with E-state index in [1.165, 1.54) is 83.1 Å². The molecule has 0 saturated heterocycles. The summed E-state index contributed by atoms with van der Waals surface area (Å²) in [6.07, 6.45) is 46.2. The zero-order chi connectivity index (χ0) is 101. The van der Waals surface area contributed by atoms with Gasteiger partial charge in [-0.3, -0.25) is 19.2 Å². The summed E-state index contributed by atoms with van der Waals surface area (Å²) in [5.74, 6) is 5.12. The van der Waals surface area contributed by atoms with E-state index >= 15 is 0 Å². The first-order chi connectivity index (χ1) is 65.7. The van der Waals surface area contributed by atoms with E-state index in [0.717, 1.165) is 182 Å². The monoisotopic (exact) mass is 1870 g/mol. The fourth-order valence-corrected chi connectivity index (χ4v) is 18.2. The van der Waals surface area contributed by atoms with E-state index in [4.69, 9.17) is 42.3 Å². The molecule has 15 nitrogen and oxygen atoms in total. The molecule has 2 N–H and O–H groups in total. The van der Waals surface area contributed by atoms with Crippen LogP contribution >= 0.6 is 0 Å². The highest BCUT2D eigenvalue weighted by Crippen LogP contribution is 2.40. The van der Waals surface area contributed by atoms with E-state index in [2.05, 4.69) is 152 Å². The number of fused-ring (bicyclic) bond motifs is 8. The standard InChI is InChI=1S/C34H51NO3.C34H45NO3.C30H37NO2.C25H29NO3/c2*1-23(2)13-10-14-24(3)15-11-16-25(4)17-12-21-34(7,37)22-20-28-32(36)27(6)26(5)31-33(28)38-30-19-9-8-18-29(30)35-31;1-20(2)12-9-13-21(3)14-10-15-22(4)16-11-17-25-29(32)24(6)23(5)28-30(25)33-27-19-8-7-18-26(27)31-28;1-16(2)10-8-11-17(3)12-9-13-19-23(27)18(4)24(28-5)22-25(19)29-21-15-7-6-14-20(21)26-22/h8-9,18-19,23-25,37H,10-17,20-22H2,1-7H3;8-9,13,15,17-19,37H,10-12,14,16,20-22H2,1-7H3;7-8,12,14,16,18-19H,9-11,13,15,17H2,1-6H3;6-7,10,12,14-15H,8-9,11,13H2,1-5H3/b;24-15+,25-17+;21-14+,22-16+;17-12+/t24-,25-,34-;34-;;/m11../s1. The van der Waals surface area contributed by atoms with Gasteiger partial charge in [0.1, 0.15) is 44.8 Å². The van der Waals surface area contributed by atoms with Crippen molar-refractivity contribution in [2.24, 2.45) is 17.8 Å². The number of nitrogens with zero attached hydrogens (tertiary/aromatic N) is 4. The average molecular weight is 1870 g/mol. The second kappa shape index (κ2) is 53.4. The van der Waals surface area contributed by atoms with Crippen LogP contribution in [0.2, 0.25) is 0 Å². The number of methoxy groups -OCH3 is 1. The predicted octanol–water partition coefficient (Wildman–Crippen LogP) is 32.3. The van der Waals surface area contributed by atoms with Crippen molar-refractivity contribution in [1.29, 1.82) is 0 Å². The van der Waals surface area contributed by atoms with Crippen LogP contribution in [0.1, 0.15) is 339 Å². The first-order valence-electron chi connectivity index (χ1n) is 51.1. The third kappa shape index (κ3) is 32.5. The van der Waals surface area contributed by atoms with Crippen LogP contribution in [0.15, 0.2) is 227 Å². The van der Waals surface area contributed by atoms with Crippen molar-refractivity contribution >= 4 is 44.4 Å². The molecule has 740 valence electrons. The number of benzene rings is 8. The summed E-state index contributed by atoms with van der Waals surface area (Å²) in [5.41, 5.74) is 26.2. The van der Waals surface area contributed by atoms with Crippen molar-refractivity contribution in [1.82, 2.24) is 19.9 Å². The summed E-state index contributed by atoms with van der Waals surface area (Å²) in [7, 11) is 1.57. The molecule has 4 aliphatic carbocycles. The summed E-state index contributed by atoms with van der Waals surface area (Å²) >= 11 is 0. The Morgan fingerprint density at radius 2 is 0.594 bits per heavy atom. The maximum atomic E-state index is 13.2. The first-order valence-corrected chi connectivity index (χ1v) is 51.1. The second-order valence-corrected chi connectivity index (χ2v) is 41.3. The van der Waals surface area contributed by atoms with Gasteiger partial charge >= 0.3 is 0 Å². The molecule has 0 fully saturated rings. The lowest BCUT2D eigenvalue weighted by Gasteiger charge is -2.25. The summed E-state index contributed by atoms with van der Waals surface area (Å²) in [6.45, 7) is 50.1. The first kappa shape index (κ1) is 111. The number of allylic oxidation sites excluding steroid dienone is 16. The van der Waals surface area contributed by atoms with Crippen molar-refractivity contribution in [3.05, 3.63) is 292 Å². The van der Waals surface area contributed by atoms with Gasteiger partial charge in [0.15, 0.2) is 72.8 Å². The van der Waals surface area contributed by atoms with Crippen molar-refractivity contribution in [3.63, 3.8) is 0 Å². The van der Waals surface area contributed by atoms with Crippen LogP contribution in [0, 0.1) is 66.2 Å². The van der Waals surface area contributed by atoms with Crippen molar-refractivity contribution in [2.75, 3.05) is 7.11 Å². The van der Waals surface area contributed by atoms with Crippen molar-refractivity contribution in [2.45, 2.75) is 364 Å². The number of ether oxygens (including phenoxy) is 1. The smallest absolute Gasteiger partial charge is 0.192 e. The van der Waals surface area contributed by atoms with Crippen LogP contribution in [0.4, 0.5) is 0 Å². The van der Waals surface area contributed by atoms with Crippen LogP contribution < -0.4 is 26.5 Å². The van der Waals surface area contributed by atoms with Gasteiger partial charge in [0.25, 0.3) is 0 Å². The minimum atomic E-state index is -0.875.